The summed E-state index contributed by atoms with van der Waals surface area (Å²) in [4.78, 5) is 36.6. The highest BCUT2D eigenvalue weighted by molar-refractivity contribution is 6.06. The fourth-order valence-corrected chi connectivity index (χ4v) is 2.91. The number of carbonyl (C=O) groups excluding carboxylic acids is 3. The maximum absolute atomic E-state index is 13.8. The first kappa shape index (κ1) is 19.5. The van der Waals surface area contributed by atoms with Crippen molar-refractivity contribution < 1.29 is 23.2 Å². The van der Waals surface area contributed by atoms with Crippen molar-refractivity contribution in [2.75, 3.05) is 11.9 Å². The lowest BCUT2D eigenvalue weighted by atomic mass is 10.0. The molecule has 28 heavy (non-hydrogen) atoms. The molecule has 3 N–H and O–H groups in total. The molecule has 0 radical (unpaired) electrons. The molecule has 1 unspecified atom stereocenters. The van der Waals surface area contributed by atoms with Gasteiger partial charge >= 0.3 is 0 Å². The third-order valence-electron chi connectivity index (χ3n) is 4.51. The zero-order valence-electron chi connectivity index (χ0n) is 15.1. The van der Waals surface area contributed by atoms with Gasteiger partial charge in [0.1, 0.15) is 17.7 Å². The summed E-state index contributed by atoms with van der Waals surface area (Å²) in [6.45, 7) is 2.30. The summed E-state index contributed by atoms with van der Waals surface area (Å²) in [5.74, 6) is -3.20. The van der Waals surface area contributed by atoms with E-state index in [9.17, 15) is 23.2 Å². The van der Waals surface area contributed by atoms with Crippen molar-refractivity contribution in [2.24, 2.45) is 0 Å². The number of hydrogen-bond acceptors (Lipinski definition) is 3. The predicted molar refractivity (Wildman–Crippen MR) is 99.0 cm³/mol. The van der Waals surface area contributed by atoms with Crippen molar-refractivity contribution >= 4 is 23.4 Å². The fraction of sp³-hybridized carbons (Fsp3) is 0.250. The van der Waals surface area contributed by atoms with Gasteiger partial charge in [-0.25, -0.2) is 8.78 Å². The van der Waals surface area contributed by atoms with Gasteiger partial charge in [-0.3, -0.25) is 14.4 Å². The van der Waals surface area contributed by atoms with Gasteiger partial charge in [0.05, 0.1) is 5.56 Å². The quantitative estimate of drug-likeness (QED) is 0.754. The molecule has 1 atom stereocenters. The van der Waals surface area contributed by atoms with Crippen molar-refractivity contribution in [3.63, 3.8) is 0 Å². The number of piperidine rings is 1. The Kier molecular flexibility index (Phi) is 5.67. The van der Waals surface area contributed by atoms with Crippen molar-refractivity contribution in [1.82, 2.24) is 10.6 Å². The van der Waals surface area contributed by atoms with Crippen LogP contribution >= 0.6 is 0 Å². The van der Waals surface area contributed by atoms with Crippen molar-refractivity contribution in [3.8, 4) is 0 Å². The Morgan fingerprint density at radius 3 is 2.61 bits per heavy atom. The molecule has 1 heterocycles. The summed E-state index contributed by atoms with van der Waals surface area (Å²) in [6, 6.07) is 6.71. The number of amides is 3. The van der Waals surface area contributed by atoms with E-state index in [1.807, 2.05) is 0 Å². The Labute approximate surface area is 160 Å². The Morgan fingerprint density at radius 1 is 1.11 bits per heavy atom. The summed E-state index contributed by atoms with van der Waals surface area (Å²) < 4.78 is 26.8. The molecular formula is C20H19F2N3O3. The van der Waals surface area contributed by atoms with E-state index in [2.05, 4.69) is 16.0 Å². The van der Waals surface area contributed by atoms with Gasteiger partial charge in [-0.15, -0.1) is 0 Å². The van der Waals surface area contributed by atoms with Crippen LogP contribution in [0.4, 0.5) is 14.5 Å². The average molecular weight is 387 g/mol. The molecule has 2 aromatic rings. The van der Waals surface area contributed by atoms with Gasteiger partial charge in [0.2, 0.25) is 5.91 Å². The fourth-order valence-electron chi connectivity index (χ4n) is 2.91. The summed E-state index contributed by atoms with van der Waals surface area (Å²) >= 11 is 0. The van der Waals surface area contributed by atoms with E-state index in [0.717, 1.165) is 18.6 Å². The standard InChI is InChI=1S/C20H19F2N3O3/c1-11-4-5-12(18(26)24-16-3-2-8-23-20(16)28)9-17(11)25-19(27)14-7-6-13(21)10-15(14)22/h4-7,9-10,16H,2-3,8H2,1H3,(H,23,28)(H,24,26)(H,25,27). The molecule has 1 fully saturated rings. The third-order valence-corrected chi connectivity index (χ3v) is 4.51. The highest BCUT2D eigenvalue weighted by Crippen LogP contribution is 2.19. The van der Waals surface area contributed by atoms with Gasteiger partial charge in [-0.1, -0.05) is 6.07 Å². The highest BCUT2D eigenvalue weighted by atomic mass is 19.1. The number of anilines is 1. The van der Waals surface area contributed by atoms with Gasteiger partial charge in [-0.05, 0) is 49.6 Å². The van der Waals surface area contributed by atoms with E-state index >= 15 is 0 Å². The number of hydrogen-bond donors (Lipinski definition) is 3. The van der Waals surface area contributed by atoms with Crippen molar-refractivity contribution in [1.29, 1.82) is 0 Å². The van der Waals surface area contributed by atoms with E-state index in [0.29, 0.717) is 30.3 Å². The molecule has 0 aliphatic carbocycles. The normalized spacial score (nSPS) is 16.2. The van der Waals surface area contributed by atoms with Gasteiger partial charge in [0, 0.05) is 23.9 Å². The van der Waals surface area contributed by atoms with Crippen LogP contribution in [0.3, 0.4) is 0 Å². The number of carbonyl (C=O) groups is 3. The Bertz CT molecular complexity index is 946. The largest absolute Gasteiger partial charge is 0.354 e. The minimum Gasteiger partial charge on any atom is -0.354 e. The lowest BCUT2D eigenvalue weighted by Gasteiger charge is -2.23. The molecule has 146 valence electrons. The minimum absolute atomic E-state index is 0.230. The summed E-state index contributed by atoms with van der Waals surface area (Å²) in [5.41, 5.74) is 0.908. The smallest absolute Gasteiger partial charge is 0.258 e. The highest BCUT2D eigenvalue weighted by Gasteiger charge is 2.24. The van der Waals surface area contributed by atoms with E-state index in [4.69, 9.17) is 0 Å². The topological polar surface area (TPSA) is 87.3 Å². The van der Waals surface area contributed by atoms with Gasteiger partial charge in [0.25, 0.3) is 11.8 Å². The van der Waals surface area contributed by atoms with Crippen LogP contribution in [0, 0.1) is 18.6 Å². The number of aryl methyl sites for hydroxylation is 1. The first-order chi connectivity index (χ1) is 13.3. The number of halogens is 2. The molecule has 1 aliphatic heterocycles. The Hall–Kier alpha value is -3.29. The minimum atomic E-state index is -0.979. The molecule has 6 nitrogen and oxygen atoms in total. The Morgan fingerprint density at radius 2 is 1.89 bits per heavy atom. The lowest BCUT2D eigenvalue weighted by Crippen LogP contribution is -2.50. The van der Waals surface area contributed by atoms with Crippen LogP contribution in [-0.4, -0.2) is 30.3 Å². The molecule has 3 amide bonds. The summed E-state index contributed by atoms with van der Waals surface area (Å²) in [7, 11) is 0. The second-order valence-corrected chi connectivity index (χ2v) is 6.57. The molecule has 0 bridgehead atoms. The Balaban J connectivity index is 1.76. The average Bonchev–Trinajstić information content (AvgIpc) is 2.65. The molecule has 1 saturated heterocycles. The zero-order chi connectivity index (χ0) is 20.3. The second kappa shape index (κ2) is 8.16. The number of nitrogens with one attached hydrogen (secondary N) is 3. The molecule has 1 aliphatic rings. The molecule has 8 heteroatoms. The molecule has 3 rings (SSSR count). The first-order valence-corrected chi connectivity index (χ1v) is 8.81. The number of benzene rings is 2. The van der Waals surface area contributed by atoms with Gasteiger partial charge in [-0.2, -0.15) is 0 Å². The van der Waals surface area contributed by atoms with Crippen molar-refractivity contribution in [2.45, 2.75) is 25.8 Å². The summed E-state index contributed by atoms with van der Waals surface area (Å²) in [5, 5.41) is 7.89. The monoisotopic (exact) mass is 387 g/mol. The lowest BCUT2D eigenvalue weighted by molar-refractivity contribution is -0.124. The van der Waals surface area contributed by atoms with Gasteiger partial charge in [0.15, 0.2) is 0 Å². The predicted octanol–water partition coefficient (Wildman–Crippen LogP) is 2.53. The van der Waals surface area contributed by atoms with Crippen LogP contribution in [0.15, 0.2) is 36.4 Å². The van der Waals surface area contributed by atoms with Crippen LogP contribution in [0.25, 0.3) is 0 Å². The molecule has 2 aromatic carbocycles. The van der Waals surface area contributed by atoms with Crippen LogP contribution in [-0.2, 0) is 4.79 Å². The van der Waals surface area contributed by atoms with Gasteiger partial charge < -0.3 is 16.0 Å². The number of rotatable bonds is 4. The van der Waals surface area contributed by atoms with E-state index in [1.165, 1.54) is 6.07 Å². The van der Waals surface area contributed by atoms with E-state index in [-0.39, 0.29) is 17.0 Å². The van der Waals surface area contributed by atoms with Crippen molar-refractivity contribution in [3.05, 3.63) is 64.7 Å². The van der Waals surface area contributed by atoms with Crippen LogP contribution < -0.4 is 16.0 Å². The van der Waals surface area contributed by atoms with Crippen LogP contribution in [0.2, 0.25) is 0 Å². The maximum atomic E-state index is 13.8. The summed E-state index contributed by atoms with van der Waals surface area (Å²) in [6.07, 6.45) is 1.33. The SMILES string of the molecule is Cc1ccc(C(=O)NC2CCCNC2=O)cc1NC(=O)c1ccc(F)cc1F. The molecule has 0 saturated carbocycles. The van der Waals surface area contributed by atoms with Crippen LogP contribution in [0.1, 0.15) is 39.1 Å². The van der Waals surface area contributed by atoms with E-state index < -0.39 is 29.5 Å². The van der Waals surface area contributed by atoms with Crippen LogP contribution in [0.5, 0.6) is 0 Å². The third kappa shape index (κ3) is 4.33. The molecule has 0 aromatic heterocycles. The second-order valence-electron chi connectivity index (χ2n) is 6.57. The first-order valence-electron chi connectivity index (χ1n) is 8.81. The molecular weight excluding hydrogens is 368 g/mol. The maximum Gasteiger partial charge on any atom is 0.258 e. The van der Waals surface area contributed by atoms with E-state index in [1.54, 1.807) is 19.1 Å². The zero-order valence-corrected chi connectivity index (χ0v) is 15.1. The molecule has 0 spiro atoms.